The molecule has 0 heteroatoms. The molecule has 0 aromatic heterocycles. The number of rotatable bonds is 2. The van der Waals surface area contributed by atoms with E-state index in [0.29, 0.717) is 0 Å². The lowest BCUT2D eigenvalue weighted by molar-refractivity contribution is 1.40. The summed E-state index contributed by atoms with van der Waals surface area (Å²) in [5.74, 6) is 0. The van der Waals surface area contributed by atoms with Crippen molar-refractivity contribution >= 4 is 6.08 Å². The van der Waals surface area contributed by atoms with E-state index < -0.39 is 0 Å². The number of hydrogen-bond acceptors (Lipinski definition) is 0. The highest BCUT2D eigenvalue weighted by atomic mass is 14.1. The summed E-state index contributed by atoms with van der Waals surface area (Å²) in [6, 6.07) is 15.2. The van der Waals surface area contributed by atoms with Gasteiger partial charge in [0.2, 0.25) is 0 Å². The van der Waals surface area contributed by atoms with Gasteiger partial charge in [0.25, 0.3) is 0 Å². The molecule has 0 saturated carbocycles. The maximum Gasteiger partial charge on any atom is -0.0146 e. The average molecular weight is 252 g/mol. The number of aryl methyl sites for hydroxylation is 2. The molecule has 0 fully saturated rings. The van der Waals surface area contributed by atoms with Crippen LogP contribution in [0.15, 0.2) is 48.5 Å². The lowest BCUT2D eigenvalue weighted by Gasteiger charge is -2.10. The van der Waals surface area contributed by atoms with Crippen molar-refractivity contribution in [3.63, 3.8) is 0 Å². The van der Waals surface area contributed by atoms with Gasteiger partial charge in [0.1, 0.15) is 0 Å². The Hall–Kier alpha value is -1.82. The maximum atomic E-state index is 2.26. The van der Waals surface area contributed by atoms with Crippen molar-refractivity contribution in [1.29, 1.82) is 0 Å². The van der Waals surface area contributed by atoms with Gasteiger partial charge in [-0.05, 0) is 54.7 Å². The molecule has 2 aromatic carbocycles. The number of benzene rings is 2. The van der Waals surface area contributed by atoms with Gasteiger partial charge in [-0.3, -0.25) is 0 Å². The van der Waals surface area contributed by atoms with E-state index in [1.165, 1.54) is 27.8 Å². The molecule has 19 heavy (non-hydrogen) atoms. The van der Waals surface area contributed by atoms with Gasteiger partial charge in [-0.1, -0.05) is 62.4 Å². The smallest absolute Gasteiger partial charge is 0.0146 e. The monoisotopic (exact) mass is 252 g/mol. The summed E-state index contributed by atoms with van der Waals surface area (Å²) in [5, 5.41) is 0. The first-order chi connectivity index (χ1) is 9.22. The van der Waals surface area contributed by atoms with Gasteiger partial charge >= 0.3 is 0 Å². The van der Waals surface area contributed by atoms with Crippen LogP contribution in [0.5, 0.6) is 0 Å². The van der Waals surface area contributed by atoms with Crippen LogP contribution in [0.1, 0.15) is 37.5 Å². The van der Waals surface area contributed by atoms with E-state index in [1.54, 1.807) is 0 Å². The molecular formula is C19H24. The lowest BCUT2D eigenvalue weighted by Crippen LogP contribution is -1.87. The second-order valence-corrected chi connectivity index (χ2v) is 4.39. The van der Waals surface area contributed by atoms with Crippen LogP contribution in [0.4, 0.5) is 0 Å². The predicted molar refractivity (Wildman–Crippen MR) is 87.4 cm³/mol. The molecule has 0 radical (unpaired) electrons. The topological polar surface area (TPSA) is 0 Å². The molecular weight excluding hydrogens is 228 g/mol. The van der Waals surface area contributed by atoms with Crippen LogP contribution in [0.3, 0.4) is 0 Å². The minimum absolute atomic E-state index is 1.26. The molecule has 0 aliphatic carbocycles. The van der Waals surface area contributed by atoms with Crippen LogP contribution in [0.25, 0.3) is 17.2 Å². The molecule has 0 saturated heterocycles. The summed E-state index contributed by atoms with van der Waals surface area (Å²) < 4.78 is 0. The van der Waals surface area contributed by atoms with Crippen molar-refractivity contribution in [3.8, 4) is 11.1 Å². The Bertz CT molecular complexity index is 548. The Morgan fingerprint density at radius 1 is 0.789 bits per heavy atom. The van der Waals surface area contributed by atoms with E-state index in [4.69, 9.17) is 0 Å². The van der Waals surface area contributed by atoms with Crippen molar-refractivity contribution in [2.24, 2.45) is 0 Å². The minimum Gasteiger partial charge on any atom is -0.0871 e. The average Bonchev–Trinajstić information content (AvgIpc) is 2.44. The van der Waals surface area contributed by atoms with Crippen LogP contribution in [0, 0.1) is 13.8 Å². The highest BCUT2D eigenvalue weighted by Gasteiger charge is 2.04. The van der Waals surface area contributed by atoms with Crippen LogP contribution in [-0.4, -0.2) is 0 Å². The molecule has 0 atom stereocenters. The van der Waals surface area contributed by atoms with E-state index in [9.17, 15) is 0 Å². The van der Waals surface area contributed by atoms with Crippen molar-refractivity contribution < 1.29 is 0 Å². The first-order valence-corrected chi connectivity index (χ1v) is 7.01. The summed E-state index contributed by atoms with van der Waals surface area (Å²) in [5.41, 5.74) is 6.58. The summed E-state index contributed by atoms with van der Waals surface area (Å²) in [7, 11) is 0. The second-order valence-electron chi connectivity index (χ2n) is 4.39. The number of allylic oxidation sites excluding steroid dienone is 1. The van der Waals surface area contributed by atoms with Gasteiger partial charge < -0.3 is 0 Å². The summed E-state index contributed by atoms with van der Waals surface area (Å²) >= 11 is 0. The van der Waals surface area contributed by atoms with Gasteiger partial charge in [-0.25, -0.2) is 0 Å². The second kappa shape index (κ2) is 7.58. The number of hydrogen-bond donors (Lipinski definition) is 0. The fraction of sp³-hybridized carbons (Fsp3) is 0.263. The van der Waals surface area contributed by atoms with Crippen LogP contribution >= 0.6 is 0 Å². The lowest BCUT2D eigenvalue weighted by atomic mass is 9.95. The Morgan fingerprint density at radius 2 is 1.42 bits per heavy atom. The van der Waals surface area contributed by atoms with Crippen LogP contribution in [0.2, 0.25) is 0 Å². The van der Waals surface area contributed by atoms with Crippen LogP contribution < -0.4 is 0 Å². The molecule has 2 rings (SSSR count). The van der Waals surface area contributed by atoms with Crippen molar-refractivity contribution in [2.45, 2.75) is 34.6 Å². The molecule has 0 aliphatic rings. The van der Waals surface area contributed by atoms with Gasteiger partial charge in [0, 0.05) is 0 Å². The van der Waals surface area contributed by atoms with Crippen LogP contribution in [-0.2, 0) is 0 Å². The molecule has 0 spiro atoms. The molecule has 100 valence electrons. The summed E-state index contributed by atoms with van der Waals surface area (Å²) in [6.07, 6.45) is 4.22. The minimum atomic E-state index is 1.26. The Balaban J connectivity index is 0.000000861. The zero-order chi connectivity index (χ0) is 14.3. The van der Waals surface area contributed by atoms with Crippen molar-refractivity contribution in [3.05, 3.63) is 65.2 Å². The van der Waals surface area contributed by atoms with Gasteiger partial charge in [-0.2, -0.15) is 0 Å². The maximum absolute atomic E-state index is 2.26. The molecule has 0 aliphatic heterocycles. The van der Waals surface area contributed by atoms with E-state index in [0.717, 1.165) is 0 Å². The molecule has 0 heterocycles. The zero-order valence-electron chi connectivity index (χ0n) is 12.7. The first-order valence-electron chi connectivity index (χ1n) is 7.01. The normalized spacial score (nSPS) is 10.2. The van der Waals surface area contributed by atoms with Crippen molar-refractivity contribution in [2.75, 3.05) is 0 Å². The third-order valence-electron chi connectivity index (χ3n) is 3.06. The van der Waals surface area contributed by atoms with E-state index in [1.807, 2.05) is 20.8 Å². The standard InChI is InChI=1S/C17H18.C2H6/c1-4-7-15-11-10-14(3)17(12-15)16-9-6-5-8-13(16)2;1-2/h4-12H,1-3H3;1-2H3/b7-4+;. The molecule has 0 unspecified atom stereocenters. The molecule has 2 aromatic rings. The molecule has 0 amide bonds. The van der Waals surface area contributed by atoms with Gasteiger partial charge in [-0.15, -0.1) is 0 Å². The largest absolute Gasteiger partial charge is 0.0871 e. The van der Waals surface area contributed by atoms with Crippen molar-refractivity contribution in [1.82, 2.24) is 0 Å². The summed E-state index contributed by atoms with van der Waals surface area (Å²) in [6.45, 7) is 10.4. The predicted octanol–water partition coefficient (Wildman–Crippen LogP) is 6.03. The van der Waals surface area contributed by atoms with E-state index in [-0.39, 0.29) is 0 Å². The third-order valence-corrected chi connectivity index (χ3v) is 3.06. The molecule has 0 N–H and O–H groups in total. The van der Waals surface area contributed by atoms with E-state index >= 15 is 0 Å². The van der Waals surface area contributed by atoms with E-state index in [2.05, 4.69) is 68.5 Å². The Morgan fingerprint density at radius 3 is 2.05 bits per heavy atom. The third kappa shape index (κ3) is 3.82. The first kappa shape index (κ1) is 15.2. The Labute approximate surface area is 117 Å². The SMILES string of the molecule is C/C=C/c1ccc(C)c(-c2ccccc2C)c1.CC. The highest BCUT2D eigenvalue weighted by Crippen LogP contribution is 2.27. The Kier molecular flexibility index (Phi) is 6.08. The molecule has 0 nitrogen and oxygen atoms in total. The molecule has 0 bridgehead atoms. The fourth-order valence-electron chi connectivity index (χ4n) is 2.10. The van der Waals surface area contributed by atoms with Gasteiger partial charge in [0.15, 0.2) is 0 Å². The zero-order valence-corrected chi connectivity index (χ0v) is 12.7. The highest BCUT2D eigenvalue weighted by molar-refractivity contribution is 5.73. The summed E-state index contributed by atoms with van der Waals surface area (Å²) in [4.78, 5) is 0. The fourth-order valence-corrected chi connectivity index (χ4v) is 2.10. The van der Waals surface area contributed by atoms with Gasteiger partial charge in [0.05, 0.1) is 0 Å². The quantitative estimate of drug-likeness (QED) is 0.612.